The van der Waals surface area contributed by atoms with E-state index in [1.54, 1.807) is 11.8 Å². The van der Waals surface area contributed by atoms with Crippen molar-refractivity contribution in [2.45, 2.75) is 11.9 Å². The molecule has 2 aromatic rings. The molecule has 1 heterocycles. The molecule has 0 aliphatic rings. The highest BCUT2D eigenvalue weighted by atomic mass is 32.2. The predicted molar refractivity (Wildman–Crippen MR) is 74.3 cm³/mol. The van der Waals surface area contributed by atoms with E-state index in [1.807, 2.05) is 31.2 Å². The molecule has 0 saturated heterocycles. The fraction of sp³-hybridized carbons (Fsp3) is 0.333. The molecule has 0 aliphatic heterocycles. The Bertz CT molecular complexity index is 534. The third kappa shape index (κ3) is 2.90. The van der Waals surface area contributed by atoms with Crippen molar-refractivity contribution in [3.63, 3.8) is 0 Å². The van der Waals surface area contributed by atoms with Gasteiger partial charge in [-0.15, -0.1) is 11.8 Å². The molecule has 96 valence electrons. The zero-order valence-electron chi connectivity index (χ0n) is 10.1. The number of rotatable bonds is 5. The van der Waals surface area contributed by atoms with Crippen molar-refractivity contribution in [2.75, 3.05) is 17.8 Å². The average molecular weight is 264 g/mol. The van der Waals surface area contributed by atoms with E-state index in [-0.39, 0.29) is 12.5 Å². The fourth-order valence-corrected chi connectivity index (χ4v) is 2.52. The Kier molecular flexibility index (Phi) is 4.35. The van der Waals surface area contributed by atoms with Gasteiger partial charge in [0, 0.05) is 17.7 Å². The number of aromatic nitrogens is 2. The smallest absolute Gasteiger partial charge is 0.238 e. The number of hydrazine groups is 1. The molecule has 1 aromatic heterocycles. The van der Waals surface area contributed by atoms with Crippen LogP contribution in [-0.4, -0.2) is 27.4 Å². The number of hydrogen-bond acceptors (Lipinski definition) is 6. The quantitative estimate of drug-likeness (QED) is 0.329. The molecule has 2 rings (SSSR count). The van der Waals surface area contributed by atoms with Gasteiger partial charge in [0.2, 0.25) is 5.95 Å². The molecule has 0 fully saturated rings. The van der Waals surface area contributed by atoms with Gasteiger partial charge in [0.25, 0.3) is 0 Å². The number of thioether (sulfide) groups is 1. The van der Waals surface area contributed by atoms with Crippen LogP contribution in [0, 0.1) is 5.92 Å². The van der Waals surface area contributed by atoms with E-state index in [4.69, 9.17) is 10.9 Å². The van der Waals surface area contributed by atoms with Crippen molar-refractivity contribution < 1.29 is 5.11 Å². The molecule has 0 aliphatic carbocycles. The summed E-state index contributed by atoms with van der Waals surface area (Å²) < 4.78 is 0. The van der Waals surface area contributed by atoms with E-state index in [2.05, 4.69) is 15.4 Å². The molecule has 0 spiro atoms. The molecule has 0 bridgehead atoms. The molecule has 1 unspecified atom stereocenters. The normalized spacial score (nSPS) is 12.6. The number of hydrogen-bond donors (Lipinski definition) is 3. The van der Waals surface area contributed by atoms with Crippen LogP contribution >= 0.6 is 11.8 Å². The first kappa shape index (κ1) is 13.1. The minimum Gasteiger partial charge on any atom is -0.396 e. The lowest BCUT2D eigenvalue weighted by atomic mass is 10.2. The number of anilines is 1. The summed E-state index contributed by atoms with van der Waals surface area (Å²) in [4.78, 5) is 8.65. The van der Waals surface area contributed by atoms with Crippen molar-refractivity contribution >= 4 is 28.6 Å². The topological polar surface area (TPSA) is 84.1 Å². The number of aliphatic hydroxyl groups excluding tert-OH is 1. The number of nitrogens with one attached hydrogen (secondary N) is 1. The van der Waals surface area contributed by atoms with E-state index < -0.39 is 0 Å². The second-order valence-corrected chi connectivity index (χ2v) is 5.12. The van der Waals surface area contributed by atoms with Crippen LogP contribution in [0.2, 0.25) is 0 Å². The molecule has 0 radical (unpaired) electrons. The standard InChI is InChI=1S/C12H16N4OS/c1-8(6-17)7-18-11-9-4-2-3-5-10(9)14-12(15-11)16-13/h2-5,8,17H,6-7,13H2,1H3,(H,14,15,16). The van der Waals surface area contributed by atoms with Crippen LogP contribution in [0.25, 0.3) is 10.9 Å². The summed E-state index contributed by atoms with van der Waals surface area (Å²) in [5, 5.41) is 10.9. The number of nitrogen functional groups attached to an aromatic ring is 1. The summed E-state index contributed by atoms with van der Waals surface area (Å²) in [5.41, 5.74) is 3.34. The van der Waals surface area contributed by atoms with Gasteiger partial charge in [-0.1, -0.05) is 25.1 Å². The summed E-state index contributed by atoms with van der Waals surface area (Å²) in [5.74, 6) is 6.82. The summed E-state index contributed by atoms with van der Waals surface area (Å²) in [6.45, 7) is 2.18. The molecule has 0 saturated carbocycles. The average Bonchev–Trinajstić information content (AvgIpc) is 2.43. The molecule has 18 heavy (non-hydrogen) atoms. The zero-order chi connectivity index (χ0) is 13.0. The van der Waals surface area contributed by atoms with Gasteiger partial charge in [-0.2, -0.15) is 0 Å². The minimum atomic E-state index is 0.179. The van der Waals surface area contributed by atoms with Crippen LogP contribution in [0.4, 0.5) is 5.95 Å². The van der Waals surface area contributed by atoms with Crippen molar-refractivity contribution in [1.82, 2.24) is 9.97 Å². The predicted octanol–water partition coefficient (Wildman–Crippen LogP) is 1.64. The van der Waals surface area contributed by atoms with E-state index in [0.717, 1.165) is 21.7 Å². The molecule has 5 nitrogen and oxygen atoms in total. The highest BCUT2D eigenvalue weighted by molar-refractivity contribution is 7.99. The maximum atomic E-state index is 9.05. The van der Waals surface area contributed by atoms with E-state index in [0.29, 0.717) is 5.95 Å². The van der Waals surface area contributed by atoms with Crippen LogP contribution in [0.5, 0.6) is 0 Å². The number of nitrogens with zero attached hydrogens (tertiary/aromatic N) is 2. The Labute approximate surface area is 110 Å². The van der Waals surface area contributed by atoms with Crippen LogP contribution in [0.15, 0.2) is 29.3 Å². The van der Waals surface area contributed by atoms with Gasteiger partial charge in [0.1, 0.15) is 5.03 Å². The first-order chi connectivity index (χ1) is 8.74. The summed E-state index contributed by atoms with van der Waals surface area (Å²) >= 11 is 1.61. The SMILES string of the molecule is CC(CO)CSc1nc(NN)nc2ccccc12. The maximum Gasteiger partial charge on any atom is 0.238 e. The second kappa shape index (κ2) is 5.99. The maximum absolute atomic E-state index is 9.05. The number of nitrogens with two attached hydrogens (primary N) is 1. The highest BCUT2D eigenvalue weighted by Crippen LogP contribution is 2.27. The lowest BCUT2D eigenvalue weighted by Crippen LogP contribution is -2.11. The van der Waals surface area contributed by atoms with Gasteiger partial charge in [-0.05, 0) is 12.0 Å². The third-order valence-electron chi connectivity index (χ3n) is 2.51. The highest BCUT2D eigenvalue weighted by Gasteiger charge is 2.09. The number of benzene rings is 1. The van der Waals surface area contributed by atoms with Crippen molar-refractivity contribution in [2.24, 2.45) is 11.8 Å². The summed E-state index contributed by atoms with van der Waals surface area (Å²) in [6.07, 6.45) is 0. The lowest BCUT2D eigenvalue weighted by molar-refractivity contribution is 0.250. The first-order valence-corrected chi connectivity index (χ1v) is 6.70. The van der Waals surface area contributed by atoms with Gasteiger partial charge >= 0.3 is 0 Å². The van der Waals surface area contributed by atoms with E-state index in [1.165, 1.54) is 0 Å². The van der Waals surface area contributed by atoms with Gasteiger partial charge in [-0.25, -0.2) is 15.8 Å². The molecular formula is C12H16N4OS. The molecular weight excluding hydrogens is 248 g/mol. The van der Waals surface area contributed by atoms with Gasteiger partial charge < -0.3 is 5.11 Å². The zero-order valence-corrected chi connectivity index (χ0v) is 10.9. The van der Waals surface area contributed by atoms with Gasteiger partial charge in [0.05, 0.1) is 5.52 Å². The summed E-state index contributed by atoms with van der Waals surface area (Å²) in [7, 11) is 0. The number of fused-ring (bicyclic) bond motifs is 1. The molecule has 1 aromatic carbocycles. The van der Waals surface area contributed by atoms with Crippen LogP contribution in [-0.2, 0) is 0 Å². The van der Waals surface area contributed by atoms with Crippen molar-refractivity contribution in [3.8, 4) is 0 Å². The van der Waals surface area contributed by atoms with Crippen LogP contribution < -0.4 is 11.3 Å². The van der Waals surface area contributed by atoms with Gasteiger partial charge in [0.15, 0.2) is 0 Å². The molecule has 6 heteroatoms. The second-order valence-electron chi connectivity index (χ2n) is 4.11. The van der Waals surface area contributed by atoms with E-state index in [9.17, 15) is 0 Å². The Morgan fingerprint density at radius 2 is 2.17 bits per heavy atom. The lowest BCUT2D eigenvalue weighted by Gasteiger charge is -2.10. The Morgan fingerprint density at radius 1 is 1.39 bits per heavy atom. The van der Waals surface area contributed by atoms with Crippen molar-refractivity contribution in [3.05, 3.63) is 24.3 Å². The number of para-hydroxylation sites is 1. The Balaban J connectivity index is 2.34. The molecule has 4 N–H and O–H groups in total. The fourth-order valence-electron chi connectivity index (χ4n) is 1.50. The van der Waals surface area contributed by atoms with E-state index >= 15 is 0 Å². The first-order valence-electron chi connectivity index (χ1n) is 5.71. The Hall–Kier alpha value is -1.37. The molecule has 0 amide bonds. The Morgan fingerprint density at radius 3 is 2.89 bits per heavy atom. The largest absolute Gasteiger partial charge is 0.396 e. The van der Waals surface area contributed by atoms with Crippen LogP contribution in [0.3, 0.4) is 0 Å². The third-order valence-corrected chi connectivity index (χ3v) is 3.83. The van der Waals surface area contributed by atoms with Crippen molar-refractivity contribution in [1.29, 1.82) is 0 Å². The monoisotopic (exact) mass is 264 g/mol. The molecule has 1 atom stereocenters. The summed E-state index contributed by atoms with van der Waals surface area (Å²) in [6, 6.07) is 7.81. The minimum absolute atomic E-state index is 0.179. The van der Waals surface area contributed by atoms with Crippen LogP contribution in [0.1, 0.15) is 6.92 Å². The van der Waals surface area contributed by atoms with Gasteiger partial charge in [-0.3, -0.25) is 5.43 Å². The number of aliphatic hydroxyl groups is 1.